The molecule has 4 saturated carbocycles. The molecule has 2 bridgehead atoms. The van der Waals surface area contributed by atoms with Crippen LogP contribution in [0, 0.1) is 35.5 Å². The van der Waals surface area contributed by atoms with Crippen molar-refractivity contribution in [1.82, 2.24) is 0 Å². The molecule has 0 heterocycles. The lowest BCUT2D eigenvalue weighted by molar-refractivity contribution is -0.146. The van der Waals surface area contributed by atoms with E-state index in [1.807, 2.05) is 0 Å². The summed E-state index contributed by atoms with van der Waals surface area (Å²) in [5.41, 5.74) is 0. The van der Waals surface area contributed by atoms with E-state index in [-0.39, 0.29) is 11.8 Å². The predicted molar refractivity (Wildman–Crippen MR) is 40.2 cm³/mol. The average Bonchev–Trinajstić information content (AvgIpc) is 2.42. The fourth-order valence-electron chi connectivity index (χ4n) is 4.51. The molecule has 6 unspecified atom stereocenters. The summed E-state index contributed by atoms with van der Waals surface area (Å²) in [6, 6.07) is 0. The molecule has 4 fully saturated rings. The van der Waals surface area contributed by atoms with Crippen molar-refractivity contribution in [2.45, 2.75) is 12.8 Å². The zero-order chi connectivity index (χ0) is 8.03. The minimum absolute atomic E-state index is 0.200. The molecule has 0 aromatic carbocycles. The van der Waals surface area contributed by atoms with Gasteiger partial charge in [-0.3, -0.25) is 9.59 Å². The van der Waals surface area contributed by atoms with Crippen LogP contribution in [-0.2, 0) is 9.59 Å². The van der Waals surface area contributed by atoms with Gasteiger partial charge in [-0.2, -0.15) is 0 Å². The third-order valence-electron chi connectivity index (χ3n) is 4.80. The van der Waals surface area contributed by atoms with Gasteiger partial charge in [0.25, 0.3) is 0 Å². The fraction of sp³-hybridized carbons (Fsp3) is 0.800. The molecule has 2 nitrogen and oxygen atoms in total. The van der Waals surface area contributed by atoms with Gasteiger partial charge in [0.1, 0.15) is 11.6 Å². The first-order valence-electron chi connectivity index (χ1n) is 4.85. The number of Topliss-reactive ketones (excluding diaryl/α,β-unsaturated/α-hetero) is 2. The molecule has 2 heteroatoms. The number of rotatable bonds is 0. The first kappa shape index (κ1) is 5.90. The van der Waals surface area contributed by atoms with Crippen LogP contribution in [0.1, 0.15) is 12.8 Å². The average molecular weight is 162 g/mol. The molecule has 62 valence electrons. The van der Waals surface area contributed by atoms with Crippen LogP contribution in [0.4, 0.5) is 0 Å². The summed E-state index contributed by atoms with van der Waals surface area (Å²) in [5, 5.41) is 0. The van der Waals surface area contributed by atoms with Crippen LogP contribution in [0.25, 0.3) is 0 Å². The molecule has 0 radical (unpaired) electrons. The zero-order valence-electron chi connectivity index (χ0n) is 6.69. The third kappa shape index (κ3) is 0.346. The molecule has 0 spiro atoms. The lowest BCUT2D eigenvalue weighted by Gasteiger charge is -2.46. The number of carbonyl (C=O) groups excluding carboxylic acids is 2. The van der Waals surface area contributed by atoms with Crippen LogP contribution < -0.4 is 0 Å². The first-order valence-corrected chi connectivity index (χ1v) is 4.85. The molecule has 0 aromatic rings. The SMILES string of the molecule is O=C1C2CC3C1C1C(=O)CC2C31. The van der Waals surface area contributed by atoms with Crippen molar-refractivity contribution >= 4 is 11.6 Å². The van der Waals surface area contributed by atoms with E-state index >= 15 is 0 Å². The highest BCUT2D eigenvalue weighted by Gasteiger charge is 2.74. The Kier molecular flexibility index (Phi) is 0.690. The monoisotopic (exact) mass is 162 g/mol. The normalized spacial score (nSPS) is 64.3. The van der Waals surface area contributed by atoms with E-state index in [0.29, 0.717) is 35.2 Å². The summed E-state index contributed by atoms with van der Waals surface area (Å²) in [5.74, 6) is 3.36. The summed E-state index contributed by atoms with van der Waals surface area (Å²) in [6.07, 6.45) is 1.86. The van der Waals surface area contributed by atoms with Gasteiger partial charge >= 0.3 is 0 Å². The molecule has 12 heavy (non-hydrogen) atoms. The van der Waals surface area contributed by atoms with Crippen molar-refractivity contribution in [3.8, 4) is 0 Å². The maximum Gasteiger partial charge on any atom is 0.140 e. The molecule has 4 aliphatic rings. The molecular weight excluding hydrogens is 152 g/mol. The van der Waals surface area contributed by atoms with Crippen molar-refractivity contribution in [2.24, 2.45) is 35.5 Å². The highest BCUT2D eigenvalue weighted by Crippen LogP contribution is 2.71. The summed E-state index contributed by atoms with van der Waals surface area (Å²) in [6.45, 7) is 0. The number of fused-ring (bicyclic) bond motifs is 3. The number of ketones is 2. The van der Waals surface area contributed by atoms with Crippen LogP contribution in [0.2, 0.25) is 0 Å². The second-order valence-electron chi connectivity index (χ2n) is 4.87. The summed E-state index contributed by atoms with van der Waals surface area (Å²) in [7, 11) is 0. The Labute approximate surface area is 70.3 Å². The summed E-state index contributed by atoms with van der Waals surface area (Å²) in [4.78, 5) is 23.1. The van der Waals surface area contributed by atoms with E-state index in [2.05, 4.69) is 0 Å². The fourth-order valence-corrected chi connectivity index (χ4v) is 4.51. The molecule has 0 aliphatic heterocycles. The van der Waals surface area contributed by atoms with Gasteiger partial charge in [-0.25, -0.2) is 0 Å². The standard InChI is InChI=1S/C10H10O2/c11-6-2-3-4-1-5-7(3)9(6)8(5)10(4)12/h3-5,7-9H,1-2H2. The Morgan fingerprint density at radius 1 is 1.08 bits per heavy atom. The van der Waals surface area contributed by atoms with Gasteiger partial charge in [0, 0.05) is 24.2 Å². The molecule has 4 aliphatic carbocycles. The van der Waals surface area contributed by atoms with Crippen LogP contribution in [0.3, 0.4) is 0 Å². The van der Waals surface area contributed by atoms with E-state index in [1.54, 1.807) is 0 Å². The van der Waals surface area contributed by atoms with Gasteiger partial charge in [-0.15, -0.1) is 0 Å². The number of hydrogen-bond donors (Lipinski definition) is 0. The number of hydrogen-bond acceptors (Lipinski definition) is 2. The molecular formula is C10H10O2. The van der Waals surface area contributed by atoms with Crippen molar-refractivity contribution in [3.63, 3.8) is 0 Å². The van der Waals surface area contributed by atoms with Crippen molar-refractivity contribution in [1.29, 1.82) is 0 Å². The van der Waals surface area contributed by atoms with Gasteiger partial charge in [0.05, 0.1) is 0 Å². The van der Waals surface area contributed by atoms with Gasteiger partial charge in [-0.1, -0.05) is 0 Å². The van der Waals surface area contributed by atoms with Crippen molar-refractivity contribution in [2.75, 3.05) is 0 Å². The smallest absolute Gasteiger partial charge is 0.140 e. The van der Waals surface area contributed by atoms with Gasteiger partial charge in [0.2, 0.25) is 0 Å². The first-order chi connectivity index (χ1) is 5.79. The molecule has 0 N–H and O–H groups in total. The Hall–Kier alpha value is -0.660. The highest BCUT2D eigenvalue weighted by molar-refractivity contribution is 6.00. The molecule has 4 rings (SSSR count). The largest absolute Gasteiger partial charge is 0.299 e. The van der Waals surface area contributed by atoms with Crippen LogP contribution in [-0.4, -0.2) is 11.6 Å². The Bertz CT molecular complexity index is 320. The van der Waals surface area contributed by atoms with E-state index in [9.17, 15) is 9.59 Å². The maximum atomic E-state index is 11.7. The number of carbonyl (C=O) groups is 2. The summed E-state index contributed by atoms with van der Waals surface area (Å²) < 4.78 is 0. The van der Waals surface area contributed by atoms with E-state index < -0.39 is 0 Å². The van der Waals surface area contributed by atoms with Gasteiger partial charge in [0.15, 0.2) is 0 Å². The second kappa shape index (κ2) is 1.40. The summed E-state index contributed by atoms with van der Waals surface area (Å²) >= 11 is 0. The Morgan fingerprint density at radius 3 is 2.67 bits per heavy atom. The molecule has 0 amide bonds. The lowest BCUT2D eigenvalue weighted by Crippen LogP contribution is -2.51. The minimum atomic E-state index is 0.200. The quantitative estimate of drug-likeness (QED) is 0.524. The van der Waals surface area contributed by atoms with E-state index in [0.717, 1.165) is 12.8 Å². The molecule has 6 atom stereocenters. The van der Waals surface area contributed by atoms with Gasteiger partial charge < -0.3 is 0 Å². The zero-order valence-corrected chi connectivity index (χ0v) is 6.69. The topological polar surface area (TPSA) is 34.1 Å². The van der Waals surface area contributed by atoms with Crippen LogP contribution >= 0.6 is 0 Å². The van der Waals surface area contributed by atoms with Crippen LogP contribution in [0.15, 0.2) is 0 Å². The molecule has 0 aromatic heterocycles. The minimum Gasteiger partial charge on any atom is -0.299 e. The Morgan fingerprint density at radius 2 is 1.92 bits per heavy atom. The van der Waals surface area contributed by atoms with E-state index in [4.69, 9.17) is 0 Å². The van der Waals surface area contributed by atoms with Gasteiger partial charge in [-0.05, 0) is 24.2 Å². The predicted octanol–water partition coefficient (Wildman–Crippen LogP) is 0.656. The maximum absolute atomic E-state index is 11.7. The molecule has 0 saturated heterocycles. The third-order valence-corrected chi connectivity index (χ3v) is 4.80. The van der Waals surface area contributed by atoms with Crippen LogP contribution in [0.5, 0.6) is 0 Å². The van der Waals surface area contributed by atoms with Crippen molar-refractivity contribution < 1.29 is 9.59 Å². The highest BCUT2D eigenvalue weighted by atomic mass is 16.1. The second-order valence-corrected chi connectivity index (χ2v) is 4.87. The lowest BCUT2D eigenvalue weighted by atomic mass is 9.55. The van der Waals surface area contributed by atoms with Crippen molar-refractivity contribution in [3.05, 3.63) is 0 Å². The Balaban J connectivity index is 1.95. The van der Waals surface area contributed by atoms with E-state index in [1.165, 1.54) is 0 Å².